The molecule has 0 fully saturated rings. The summed E-state index contributed by atoms with van der Waals surface area (Å²) in [5.74, 6) is -0.0609. The molecule has 0 bridgehead atoms. The summed E-state index contributed by atoms with van der Waals surface area (Å²) in [7, 11) is 0. The normalized spacial score (nSPS) is 11.9. The maximum Gasteiger partial charge on any atom is 0.347 e. The van der Waals surface area contributed by atoms with Gasteiger partial charge in [-0.3, -0.25) is 0 Å². The van der Waals surface area contributed by atoms with Gasteiger partial charge in [0.05, 0.1) is 11.6 Å². The van der Waals surface area contributed by atoms with Crippen LogP contribution in [0.2, 0.25) is 5.02 Å². The van der Waals surface area contributed by atoms with Crippen LogP contribution in [0.25, 0.3) is 0 Å². The van der Waals surface area contributed by atoms with Gasteiger partial charge >= 0.3 is 5.97 Å². The molecular formula is C10H12ClNO3. The highest BCUT2D eigenvalue weighted by Gasteiger charge is 2.15. The number of carbonyl (C=O) groups is 1. The molecule has 0 saturated carbocycles. The number of hydrogen-bond acceptors (Lipinski definition) is 4. The van der Waals surface area contributed by atoms with E-state index in [0.717, 1.165) is 0 Å². The molecule has 5 heteroatoms. The lowest BCUT2D eigenvalue weighted by molar-refractivity contribution is -0.150. The van der Waals surface area contributed by atoms with Crippen LogP contribution in [0.3, 0.4) is 0 Å². The monoisotopic (exact) mass is 229 g/mol. The van der Waals surface area contributed by atoms with Crippen LogP contribution in [0, 0.1) is 0 Å². The number of carbonyl (C=O) groups excluding carboxylic acids is 1. The van der Waals surface area contributed by atoms with Crippen molar-refractivity contribution in [2.45, 2.75) is 20.0 Å². The molecule has 0 radical (unpaired) electrons. The average molecular weight is 230 g/mol. The Morgan fingerprint density at radius 3 is 2.87 bits per heavy atom. The first kappa shape index (κ1) is 11.8. The van der Waals surface area contributed by atoms with E-state index in [-0.39, 0.29) is 0 Å². The summed E-state index contributed by atoms with van der Waals surface area (Å²) >= 11 is 5.65. The van der Waals surface area contributed by atoms with Crippen LogP contribution >= 0.6 is 11.6 Å². The second-order valence-electron chi connectivity index (χ2n) is 2.83. The number of nitrogens with zero attached hydrogens (tertiary/aromatic N) is 1. The van der Waals surface area contributed by atoms with E-state index in [0.29, 0.717) is 17.5 Å². The highest BCUT2D eigenvalue weighted by Crippen LogP contribution is 2.13. The van der Waals surface area contributed by atoms with Gasteiger partial charge in [0.1, 0.15) is 0 Å². The lowest BCUT2D eigenvalue weighted by Gasteiger charge is -2.11. The molecule has 1 unspecified atom stereocenters. The van der Waals surface area contributed by atoms with E-state index in [1.54, 1.807) is 26.0 Å². The van der Waals surface area contributed by atoms with Gasteiger partial charge in [-0.25, -0.2) is 9.78 Å². The molecule has 0 aliphatic rings. The van der Waals surface area contributed by atoms with Gasteiger partial charge < -0.3 is 9.47 Å². The molecule has 15 heavy (non-hydrogen) atoms. The predicted molar refractivity (Wildman–Crippen MR) is 56.0 cm³/mol. The Balaban J connectivity index is 2.54. The third-order valence-corrected chi connectivity index (χ3v) is 1.84. The number of rotatable bonds is 4. The molecule has 0 amide bonds. The molecule has 0 saturated heterocycles. The van der Waals surface area contributed by atoms with Gasteiger partial charge in [0.2, 0.25) is 5.88 Å². The first-order valence-electron chi connectivity index (χ1n) is 4.58. The second kappa shape index (κ2) is 5.56. The number of ether oxygens (including phenoxy) is 2. The summed E-state index contributed by atoms with van der Waals surface area (Å²) in [6.07, 6.45) is 0.785. The molecule has 4 nitrogen and oxygen atoms in total. The Morgan fingerprint density at radius 2 is 2.33 bits per heavy atom. The Hall–Kier alpha value is -1.29. The smallest absolute Gasteiger partial charge is 0.347 e. The van der Waals surface area contributed by atoms with Gasteiger partial charge in [0.25, 0.3) is 0 Å². The minimum atomic E-state index is -0.668. The van der Waals surface area contributed by atoms with Crippen molar-refractivity contribution in [2.75, 3.05) is 6.61 Å². The summed E-state index contributed by atoms with van der Waals surface area (Å²) < 4.78 is 10.0. The molecule has 0 spiro atoms. The van der Waals surface area contributed by atoms with E-state index in [9.17, 15) is 4.79 Å². The summed E-state index contributed by atoms with van der Waals surface area (Å²) in [6.45, 7) is 3.68. The molecule has 1 rings (SSSR count). The Kier molecular flexibility index (Phi) is 4.37. The first-order valence-corrected chi connectivity index (χ1v) is 4.96. The van der Waals surface area contributed by atoms with Crippen molar-refractivity contribution >= 4 is 17.6 Å². The molecular weight excluding hydrogens is 218 g/mol. The predicted octanol–water partition coefficient (Wildman–Crippen LogP) is 2.07. The zero-order valence-electron chi connectivity index (χ0n) is 8.57. The number of pyridine rings is 1. The Labute approximate surface area is 93.2 Å². The fourth-order valence-electron chi connectivity index (χ4n) is 0.921. The van der Waals surface area contributed by atoms with E-state index < -0.39 is 12.1 Å². The van der Waals surface area contributed by atoms with Crippen molar-refractivity contribution in [2.24, 2.45) is 0 Å². The van der Waals surface area contributed by atoms with Crippen molar-refractivity contribution < 1.29 is 14.3 Å². The molecule has 82 valence electrons. The van der Waals surface area contributed by atoms with Crippen molar-refractivity contribution in [3.63, 3.8) is 0 Å². The van der Waals surface area contributed by atoms with Crippen molar-refractivity contribution in [3.05, 3.63) is 23.4 Å². The summed E-state index contributed by atoms with van der Waals surface area (Å²) in [4.78, 5) is 15.1. The molecule has 0 aliphatic carbocycles. The largest absolute Gasteiger partial charge is 0.463 e. The maximum atomic E-state index is 11.2. The highest BCUT2D eigenvalue weighted by molar-refractivity contribution is 6.30. The Morgan fingerprint density at radius 1 is 1.60 bits per heavy atom. The highest BCUT2D eigenvalue weighted by atomic mass is 35.5. The van der Waals surface area contributed by atoms with Gasteiger partial charge in [-0.05, 0) is 19.9 Å². The standard InChI is InChI=1S/C10H12ClNO3/c1-3-14-10(13)7(2)15-9-5-4-8(11)6-12-9/h4-7H,3H2,1-2H3. The van der Waals surface area contributed by atoms with Crippen molar-refractivity contribution in [1.29, 1.82) is 0 Å². The topological polar surface area (TPSA) is 48.4 Å². The zero-order chi connectivity index (χ0) is 11.3. The lowest BCUT2D eigenvalue weighted by atomic mass is 10.4. The first-order chi connectivity index (χ1) is 7.13. The molecule has 1 atom stereocenters. The summed E-state index contributed by atoms with van der Waals surface area (Å²) in [6, 6.07) is 3.24. The molecule has 1 aromatic heterocycles. The summed E-state index contributed by atoms with van der Waals surface area (Å²) in [5.41, 5.74) is 0. The second-order valence-corrected chi connectivity index (χ2v) is 3.26. The van der Waals surface area contributed by atoms with Crippen LogP contribution < -0.4 is 4.74 Å². The van der Waals surface area contributed by atoms with Crippen molar-refractivity contribution in [3.8, 4) is 5.88 Å². The van der Waals surface area contributed by atoms with Crippen LogP contribution in [0.15, 0.2) is 18.3 Å². The van der Waals surface area contributed by atoms with Crippen LogP contribution in [0.5, 0.6) is 5.88 Å². The number of aromatic nitrogens is 1. The lowest BCUT2D eigenvalue weighted by Crippen LogP contribution is -2.26. The fourth-order valence-corrected chi connectivity index (χ4v) is 1.03. The van der Waals surface area contributed by atoms with Crippen LogP contribution in [-0.4, -0.2) is 23.7 Å². The van der Waals surface area contributed by atoms with Gasteiger partial charge in [-0.15, -0.1) is 0 Å². The Bertz CT molecular complexity index is 326. The number of hydrogen-bond donors (Lipinski definition) is 0. The molecule has 0 aliphatic heterocycles. The summed E-state index contributed by atoms with van der Waals surface area (Å²) in [5, 5.41) is 0.520. The number of halogens is 1. The minimum absolute atomic E-state index is 0.334. The fraction of sp³-hybridized carbons (Fsp3) is 0.400. The average Bonchev–Trinajstić information content (AvgIpc) is 2.22. The van der Waals surface area contributed by atoms with Gasteiger partial charge in [-0.1, -0.05) is 11.6 Å². The molecule has 1 heterocycles. The van der Waals surface area contributed by atoms with Crippen LogP contribution in [0.1, 0.15) is 13.8 Å². The van der Waals surface area contributed by atoms with Gasteiger partial charge in [0, 0.05) is 12.3 Å². The van der Waals surface area contributed by atoms with E-state index in [1.807, 2.05) is 0 Å². The third kappa shape index (κ3) is 3.75. The molecule has 1 aromatic rings. The minimum Gasteiger partial charge on any atom is -0.463 e. The molecule has 0 N–H and O–H groups in total. The van der Waals surface area contributed by atoms with E-state index >= 15 is 0 Å². The third-order valence-electron chi connectivity index (χ3n) is 1.62. The maximum absolute atomic E-state index is 11.2. The van der Waals surface area contributed by atoms with E-state index in [2.05, 4.69) is 4.98 Å². The van der Waals surface area contributed by atoms with Gasteiger partial charge in [0.15, 0.2) is 6.10 Å². The number of esters is 1. The van der Waals surface area contributed by atoms with Gasteiger partial charge in [-0.2, -0.15) is 0 Å². The van der Waals surface area contributed by atoms with E-state index in [1.165, 1.54) is 6.20 Å². The quantitative estimate of drug-likeness (QED) is 0.742. The SMILES string of the molecule is CCOC(=O)C(C)Oc1ccc(Cl)cn1. The van der Waals surface area contributed by atoms with Crippen LogP contribution in [0.4, 0.5) is 0 Å². The van der Waals surface area contributed by atoms with E-state index in [4.69, 9.17) is 21.1 Å². The molecule has 0 aromatic carbocycles. The van der Waals surface area contributed by atoms with Crippen LogP contribution in [-0.2, 0) is 9.53 Å². The zero-order valence-corrected chi connectivity index (χ0v) is 9.32. The van der Waals surface area contributed by atoms with Crippen molar-refractivity contribution in [1.82, 2.24) is 4.98 Å².